The minimum absolute atomic E-state index is 0.107. The number of sulfone groups is 1. The van der Waals surface area contributed by atoms with Crippen molar-refractivity contribution in [2.24, 2.45) is 0 Å². The summed E-state index contributed by atoms with van der Waals surface area (Å²) in [5, 5.41) is 3.66. The van der Waals surface area contributed by atoms with Crippen LogP contribution in [-0.4, -0.2) is 50.5 Å². The highest BCUT2D eigenvalue weighted by molar-refractivity contribution is 7.91. The summed E-state index contributed by atoms with van der Waals surface area (Å²) in [4.78, 5) is 2.39. The molecule has 0 radical (unpaired) electrons. The fourth-order valence-electron chi connectivity index (χ4n) is 3.56. The summed E-state index contributed by atoms with van der Waals surface area (Å²) < 4.78 is 23.5. The van der Waals surface area contributed by atoms with Gasteiger partial charge in [0.15, 0.2) is 9.84 Å². The zero-order chi connectivity index (χ0) is 14.9. The summed E-state index contributed by atoms with van der Waals surface area (Å²) in [6.45, 7) is 5.05. The molecule has 2 atom stereocenters. The average molecular weight is 308 g/mol. The van der Waals surface area contributed by atoms with Gasteiger partial charge in [-0.1, -0.05) is 30.3 Å². The van der Waals surface area contributed by atoms with Gasteiger partial charge < -0.3 is 5.32 Å². The number of benzene rings is 1. The highest BCUT2D eigenvalue weighted by Gasteiger charge is 2.37. The lowest BCUT2D eigenvalue weighted by atomic mass is 9.91. The molecule has 2 aliphatic rings. The standard InChI is InChI=1S/C16H24N2O2S/c1-16(14-6-3-2-4-7-14)13-18(10-5-9-17-16)15-8-11-21(19,20)12-15/h2-4,6-7,15,17H,5,8-13H2,1H3. The third kappa shape index (κ3) is 3.30. The smallest absolute Gasteiger partial charge is 0.151 e. The molecule has 0 aromatic heterocycles. The van der Waals surface area contributed by atoms with E-state index in [0.29, 0.717) is 11.5 Å². The molecule has 2 unspecified atom stereocenters. The molecule has 2 heterocycles. The molecule has 4 nitrogen and oxygen atoms in total. The molecule has 2 aliphatic heterocycles. The molecule has 21 heavy (non-hydrogen) atoms. The normalized spacial score (nSPS) is 33.7. The molecule has 0 amide bonds. The molecule has 1 aromatic rings. The van der Waals surface area contributed by atoms with Crippen LogP contribution in [0.3, 0.4) is 0 Å². The third-order valence-corrected chi connectivity index (χ3v) is 6.54. The van der Waals surface area contributed by atoms with E-state index >= 15 is 0 Å². The molecule has 1 aromatic carbocycles. The predicted molar refractivity (Wildman–Crippen MR) is 85.0 cm³/mol. The summed E-state index contributed by atoms with van der Waals surface area (Å²) in [7, 11) is -2.82. The highest BCUT2D eigenvalue weighted by atomic mass is 32.2. The molecule has 1 N–H and O–H groups in total. The van der Waals surface area contributed by atoms with Crippen LogP contribution in [0.2, 0.25) is 0 Å². The van der Waals surface area contributed by atoms with E-state index in [9.17, 15) is 8.42 Å². The van der Waals surface area contributed by atoms with E-state index in [1.54, 1.807) is 0 Å². The summed E-state index contributed by atoms with van der Waals surface area (Å²) in [6, 6.07) is 10.7. The maximum Gasteiger partial charge on any atom is 0.151 e. The number of nitrogens with zero attached hydrogens (tertiary/aromatic N) is 1. The van der Waals surface area contributed by atoms with E-state index in [-0.39, 0.29) is 11.6 Å². The van der Waals surface area contributed by atoms with Gasteiger partial charge in [-0.15, -0.1) is 0 Å². The summed E-state index contributed by atoms with van der Waals surface area (Å²) in [5.74, 6) is 0.682. The molecule has 2 fully saturated rings. The lowest BCUT2D eigenvalue weighted by Crippen LogP contribution is -2.49. The largest absolute Gasteiger partial charge is 0.307 e. The van der Waals surface area contributed by atoms with Crippen LogP contribution in [0.5, 0.6) is 0 Å². The van der Waals surface area contributed by atoms with Gasteiger partial charge in [-0.25, -0.2) is 8.42 Å². The molecule has 0 spiro atoms. The molecule has 2 saturated heterocycles. The van der Waals surface area contributed by atoms with Crippen molar-refractivity contribution in [3.63, 3.8) is 0 Å². The first-order valence-corrected chi connectivity index (χ1v) is 9.56. The van der Waals surface area contributed by atoms with E-state index in [1.807, 2.05) is 6.07 Å². The van der Waals surface area contributed by atoms with Crippen LogP contribution in [0.25, 0.3) is 0 Å². The van der Waals surface area contributed by atoms with Crippen molar-refractivity contribution < 1.29 is 8.42 Å². The fourth-order valence-corrected chi connectivity index (χ4v) is 5.32. The van der Waals surface area contributed by atoms with Gasteiger partial charge in [0, 0.05) is 12.6 Å². The van der Waals surface area contributed by atoms with Gasteiger partial charge in [0.05, 0.1) is 17.0 Å². The Balaban J connectivity index is 1.81. The van der Waals surface area contributed by atoms with Crippen molar-refractivity contribution in [3.8, 4) is 0 Å². The molecule has 3 rings (SSSR count). The van der Waals surface area contributed by atoms with Gasteiger partial charge in [0.25, 0.3) is 0 Å². The van der Waals surface area contributed by atoms with Crippen molar-refractivity contribution >= 4 is 9.84 Å². The van der Waals surface area contributed by atoms with Crippen molar-refractivity contribution in [1.29, 1.82) is 0 Å². The van der Waals surface area contributed by atoms with Crippen LogP contribution in [0.1, 0.15) is 25.3 Å². The lowest BCUT2D eigenvalue weighted by molar-refractivity contribution is 0.174. The van der Waals surface area contributed by atoms with Gasteiger partial charge in [-0.3, -0.25) is 4.90 Å². The van der Waals surface area contributed by atoms with Crippen LogP contribution in [0, 0.1) is 0 Å². The van der Waals surface area contributed by atoms with Crippen LogP contribution in [0.15, 0.2) is 30.3 Å². The Morgan fingerprint density at radius 3 is 2.71 bits per heavy atom. The minimum atomic E-state index is -2.82. The minimum Gasteiger partial charge on any atom is -0.307 e. The van der Waals surface area contributed by atoms with Gasteiger partial charge in [-0.05, 0) is 38.4 Å². The van der Waals surface area contributed by atoms with E-state index in [4.69, 9.17) is 0 Å². The second-order valence-corrected chi connectivity index (χ2v) is 8.73. The van der Waals surface area contributed by atoms with E-state index in [0.717, 1.165) is 32.5 Å². The first kappa shape index (κ1) is 15.0. The molecule has 116 valence electrons. The molecule has 0 aliphatic carbocycles. The number of hydrogen-bond donors (Lipinski definition) is 1. The van der Waals surface area contributed by atoms with Crippen molar-refractivity contribution in [2.75, 3.05) is 31.1 Å². The third-order valence-electron chi connectivity index (χ3n) is 4.79. The topological polar surface area (TPSA) is 49.4 Å². The maximum atomic E-state index is 11.8. The summed E-state index contributed by atoms with van der Waals surface area (Å²) in [6.07, 6.45) is 1.85. The second-order valence-electron chi connectivity index (χ2n) is 6.51. The molecule has 0 bridgehead atoms. The number of nitrogens with one attached hydrogen (secondary N) is 1. The zero-order valence-corrected chi connectivity index (χ0v) is 13.4. The van der Waals surface area contributed by atoms with Gasteiger partial charge >= 0.3 is 0 Å². The maximum absolute atomic E-state index is 11.8. The molecule has 0 saturated carbocycles. The zero-order valence-electron chi connectivity index (χ0n) is 12.6. The van der Waals surface area contributed by atoms with Gasteiger partial charge in [0.2, 0.25) is 0 Å². The Kier molecular flexibility index (Phi) is 4.08. The Morgan fingerprint density at radius 1 is 1.29 bits per heavy atom. The van der Waals surface area contributed by atoms with Crippen molar-refractivity contribution in [3.05, 3.63) is 35.9 Å². The Hall–Kier alpha value is -0.910. The van der Waals surface area contributed by atoms with E-state index < -0.39 is 9.84 Å². The van der Waals surface area contributed by atoms with Crippen LogP contribution in [-0.2, 0) is 15.4 Å². The lowest BCUT2D eigenvalue weighted by Gasteiger charge is -2.36. The van der Waals surface area contributed by atoms with Crippen molar-refractivity contribution in [1.82, 2.24) is 10.2 Å². The van der Waals surface area contributed by atoms with Crippen LogP contribution >= 0.6 is 0 Å². The predicted octanol–water partition coefficient (Wildman–Crippen LogP) is 1.38. The van der Waals surface area contributed by atoms with E-state index in [2.05, 4.69) is 41.4 Å². The first-order valence-electron chi connectivity index (χ1n) is 7.74. The average Bonchev–Trinajstić information content (AvgIpc) is 2.71. The highest BCUT2D eigenvalue weighted by Crippen LogP contribution is 2.27. The SMILES string of the molecule is CC1(c2ccccc2)CN(C2CCS(=O)(=O)C2)CCCN1. The van der Waals surface area contributed by atoms with Crippen LogP contribution < -0.4 is 5.32 Å². The number of hydrogen-bond acceptors (Lipinski definition) is 4. The Labute approximate surface area is 127 Å². The quantitative estimate of drug-likeness (QED) is 0.897. The first-order chi connectivity index (χ1) is 9.99. The number of rotatable bonds is 2. The van der Waals surface area contributed by atoms with Gasteiger partial charge in [0.1, 0.15) is 0 Å². The summed E-state index contributed by atoms with van der Waals surface area (Å²) in [5.41, 5.74) is 1.17. The van der Waals surface area contributed by atoms with Crippen LogP contribution in [0.4, 0.5) is 0 Å². The Bertz CT molecular complexity index is 588. The van der Waals surface area contributed by atoms with Crippen molar-refractivity contribution in [2.45, 2.75) is 31.3 Å². The second kappa shape index (κ2) is 5.71. The fraction of sp³-hybridized carbons (Fsp3) is 0.625. The molecular formula is C16H24N2O2S. The van der Waals surface area contributed by atoms with Gasteiger partial charge in [-0.2, -0.15) is 0 Å². The Morgan fingerprint density at radius 2 is 2.05 bits per heavy atom. The molecular weight excluding hydrogens is 284 g/mol. The monoisotopic (exact) mass is 308 g/mol. The van der Waals surface area contributed by atoms with E-state index in [1.165, 1.54) is 5.56 Å². The summed E-state index contributed by atoms with van der Waals surface area (Å²) >= 11 is 0. The molecule has 5 heteroatoms.